The van der Waals surface area contributed by atoms with Crippen LogP contribution >= 0.6 is 0 Å². The first-order valence-corrected chi connectivity index (χ1v) is 5.28. The van der Waals surface area contributed by atoms with E-state index in [9.17, 15) is 9.59 Å². The van der Waals surface area contributed by atoms with Crippen LogP contribution in [0, 0.1) is 5.41 Å². The maximum Gasteiger partial charge on any atom is 0.319 e. The first-order valence-electron chi connectivity index (χ1n) is 5.28. The number of aliphatic carboxylic acids is 1. The van der Waals surface area contributed by atoms with Crippen molar-refractivity contribution in [3.63, 3.8) is 0 Å². The lowest BCUT2D eigenvalue weighted by Gasteiger charge is -2.13. The molecule has 2 N–H and O–H groups in total. The molecule has 5 heteroatoms. The van der Waals surface area contributed by atoms with Gasteiger partial charge in [0.05, 0.1) is 6.10 Å². The van der Waals surface area contributed by atoms with Gasteiger partial charge >= 0.3 is 5.97 Å². The Morgan fingerprint density at radius 1 is 1.47 bits per heavy atom. The zero-order valence-electron chi connectivity index (χ0n) is 8.49. The molecule has 5 nitrogen and oxygen atoms in total. The normalized spacial score (nSPS) is 27.3. The molecule has 0 radical (unpaired) electrons. The molecule has 1 saturated carbocycles. The Morgan fingerprint density at radius 2 is 2.20 bits per heavy atom. The Bertz CT molecular complexity index is 279. The molecule has 0 aromatic carbocycles. The second-order valence-corrected chi connectivity index (χ2v) is 4.23. The second kappa shape index (κ2) is 3.81. The van der Waals surface area contributed by atoms with Crippen LogP contribution in [0.1, 0.15) is 25.7 Å². The molecule has 84 valence electrons. The van der Waals surface area contributed by atoms with E-state index in [1.54, 1.807) is 0 Å². The molecule has 1 unspecified atom stereocenters. The lowest BCUT2D eigenvalue weighted by atomic mass is 10.1. The summed E-state index contributed by atoms with van der Waals surface area (Å²) in [7, 11) is 0. The van der Waals surface area contributed by atoms with Gasteiger partial charge in [-0.3, -0.25) is 9.59 Å². The number of carboxylic acids is 1. The number of amides is 1. The van der Waals surface area contributed by atoms with Gasteiger partial charge in [0.1, 0.15) is 5.41 Å². The van der Waals surface area contributed by atoms with Crippen molar-refractivity contribution in [3.8, 4) is 0 Å². The van der Waals surface area contributed by atoms with Gasteiger partial charge in [0.25, 0.3) is 0 Å². The highest BCUT2D eigenvalue weighted by molar-refractivity contribution is 6.04. The zero-order valence-corrected chi connectivity index (χ0v) is 8.49. The van der Waals surface area contributed by atoms with E-state index in [0.717, 1.165) is 19.4 Å². The summed E-state index contributed by atoms with van der Waals surface area (Å²) >= 11 is 0. The Balaban J connectivity index is 1.79. The molecule has 1 atom stereocenters. The summed E-state index contributed by atoms with van der Waals surface area (Å²) in [4.78, 5) is 22.4. The van der Waals surface area contributed by atoms with Crippen LogP contribution in [-0.4, -0.2) is 36.2 Å². The molecule has 1 aliphatic heterocycles. The summed E-state index contributed by atoms with van der Waals surface area (Å²) in [6.45, 7) is 1.18. The van der Waals surface area contributed by atoms with Crippen LogP contribution in [0.15, 0.2) is 0 Å². The first-order chi connectivity index (χ1) is 7.15. The highest BCUT2D eigenvalue weighted by Gasteiger charge is 2.57. The van der Waals surface area contributed by atoms with Crippen molar-refractivity contribution in [2.24, 2.45) is 5.41 Å². The molecule has 0 aromatic heterocycles. The summed E-state index contributed by atoms with van der Waals surface area (Å²) in [5, 5.41) is 11.5. The number of rotatable bonds is 4. The maximum absolute atomic E-state index is 11.6. The van der Waals surface area contributed by atoms with Crippen LogP contribution in [0.5, 0.6) is 0 Å². The van der Waals surface area contributed by atoms with Gasteiger partial charge in [-0.1, -0.05) is 0 Å². The minimum atomic E-state index is -1.13. The molecule has 2 rings (SSSR count). The number of carbonyl (C=O) groups excluding carboxylic acids is 1. The molecule has 1 heterocycles. The minimum absolute atomic E-state index is 0.0681. The number of nitrogens with one attached hydrogen (secondary N) is 1. The van der Waals surface area contributed by atoms with Gasteiger partial charge in [0.15, 0.2) is 0 Å². The van der Waals surface area contributed by atoms with Crippen molar-refractivity contribution in [3.05, 3.63) is 0 Å². The molecule has 1 amide bonds. The monoisotopic (exact) mass is 213 g/mol. The Labute approximate surface area is 87.8 Å². The summed E-state index contributed by atoms with van der Waals surface area (Å²) in [5.74, 6) is -1.36. The largest absolute Gasteiger partial charge is 0.480 e. The Hall–Kier alpha value is -1.10. The molecule has 1 saturated heterocycles. The zero-order chi connectivity index (χ0) is 10.9. The van der Waals surface area contributed by atoms with Crippen molar-refractivity contribution in [2.45, 2.75) is 31.8 Å². The average molecular weight is 213 g/mol. The number of ether oxygens (including phenoxy) is 1. The molecule has 2 aliphatic rings. The molecule has 2 fully saturated rings. The lowest BCUT2D eigenvalue weighted by Crippen LogP contribution is -2.40. The van der Waals surface area contributed by atoms with Crippen LogP contribution in [0.3, 0.4) is 0 Å². The van der Waals surface area contributed by atoms with Gasteiger partial charge in [0, 0.05) is 13.2 Å². The van der Waals surface area contributed by atoms with Crippen molar-refractivity contribution < 1.29 is 19.4 Å². The van der Waals surface area contributed by atoms with E-state index in [4.69, 9.17) is 9.84 Å². The fourth-order valence-corrected chi connectivity index (χ4v) is 1.84. The van der Waals surface area contributed by atoms with Gasteiger partial charge < -0.3 is 15.2 Å². The standard InChI is InChI=1S/C10H15NO4/c12-8(10(3-4-10)9(13)14)11-6-7-2-1-5-15-7/h7H,1-6H2,(H,11,12)(H,13,14). The Morgan fingerprint density at radius 3 is 2.67 bits per heavy atom. The highest BCUT2D eigenvalue weighted by Crippen LogP contribution is 2.46. The second-order valence-electron chi connectivity index (χ2n) is 4.23. The number of carboxylic acid groups (broad SMARTS) is 1. The predicted octanol–water partition coefficient (Wildman–Crippen LogP) is 0.146. The topological polar surface area (TPSA) is 75.6 Å². The average Bonchev–Trinajstić information content (AvgIpc) is 2.87. The van der Waals surface area contributed by atoms with Crippen molar-refractivity contribution in [1.29, 1.82) is 0 Å². The summed E-state index contributed by atoms with van der Waals surface area (Å²) in [6.07, 6.45) is 2.95. The molecule has 1 aliphatic carbocycles. The molecular formula is C10H15NO4. The van der Waals surface area contributed by atoms with Gasteiger partial charge in [0.2, 0.25) is 5.91 Å². The fourth-order valence-electron chi connectivity index (χ4n) is 1.84. The van der Waals surface area contributed by atoms with E-state index >= 15 is 0 Å². The Kier molecular flexibility index (Phi) is 2.65. The maximum atomic E-state index is 11.6. The number of hydrogen-bond donors (Lipinski definition) is 2. The van der Waals surface area contributed by atoms with Crippen LogP contribution < -0.4 is 5.32 Å². The van der Waals surface area contributed by atoms with Crippen molar-refractivity contribution >= 4 is 11.9 Å². The third kappa shape index (κ3) is 1.97. The smallest absolute Gasteiger partial charge is 0.319 e. The van der Waals surface area contributed by atoms with Gasteiger partial charge in [-0.2, -0.15) is 0 Å². The van der Waals surface area contributed by atoms with Gasteiger partial charge in [-0.15, -0.1) is 0 Å². The molecule has 0 bridgehead atoms. The van der Waals surface area contributed by atoms with Gasteiger partial charge in [-0.25, -0.2) is 0 Å². The van der Waals surface area contributed by atoms with Crippen LogP contribution in [0.25, 0.3) is 0 Å². The molecule has 0 spiro atoms. The van der Waals surface area contributed by atoms with Crippen LogP contribution in [0.4, 0.5) is 0 Å². The number of carbonyl (C=O) groups is 2. The van der Waals surface area contributed by atoms with E-state index in [1.165, 1.54) is 0 Å². The minimum Gasteiger partial charge on any atom is -0.480 e. The van der Waals surface area contributed by atoms with Crippen LogP contribution in [-0.2, 0) is 14.3 Å². The lowest BCUT2D eigenvalue weighted by molar-refractivity contribution is -0.149. The first kappa shape index (κ1) is 10.4. The van der Waals surface area contributed by atoms with E-state index < -0.39 is 11.4 Å². The third-order valence-corrected chi connectivity index (χ3v) is 3.11. The summed E-state index contributed by atoms with van der Waals surface area (Å²) < 4.78 is 5.33. The number of hydrogen-bond acceptors (Lipinski definition) is 3. The van der Waals surface area contributed by atoms with E-state index in [1.807, 2.05) is 0 Å². The third-order valence-electron chi connectivity index (χ3n) is 3.11. The van der Waals surface area contributed by atoms with Crippen molar-refractivity contribution in [1.82, 2.24) is 5.32 Å². The van der Waals surface area contributed by atoms with E-state index in [0.29, 0.717) is 19.4 Å². The summed E-state index contributed by atoms with van der Waals surface area (Å²) in [5.41, 5.74) is -1.13. The van der Waals surface area contributed by atoms with E-state index in [-0.39, 0.29) is 12.0 Å². The quantitative estimate of drug-likeness (QED) is 0.652. The molecular weight excluding hydrogens is 198 g/mol. The SMILES string of the molecule is O=C(O)C1(C(=O)NCC2CCCO2)CC1. The van der Waals surface area contributed by atoms with Gasteiger partial charge in [-0.05, 0) is 25.7 Å². The van der Waals surface area contributed by atoms with Crippen LogP contribution in [0.2, 0.25) is 0 Å². The fraction of sp³-hybridized carbons (Fsp3) is 0.800. The summed E-state index contributed by atoms with van der Waals surface area (Å²) in [6, 6.07) is 0. The predicted molar refractivity (Wildman–Crippen MR) is 51.3 cm³/mol. The highest BCUT2D eigenvalue weighted by atomic mass is 16.5. The van der Waals surface area contributed by atoms with E-state index in [2.05, 4.69) is 5.32 Å². The molecule has 0 aromatic rings. The van der Waals surface area contributed by atoms with Crippen molar-refractivity contribution in [2.75, 3.05) is 13.2 Å². The molecule has 15 heavy (non-hydrogen) atoms.